The van der Waals surface area contributed by atoms with E-state index in [4.69, 9.17) is 5.73 Å². The topological polar surface area (TPSA) is 46.3 Å². The van der Waals surface area contributed by atoms with Gasteiger partial charge in [-0.25, -0.2) is 0 Å². The molecule has 0 aromatic heterocycles. The average Bonchev–Trinajstić information content (AvgIpc) is 2.20. The van der Waals surface area contributed by atoms with Crippen LogP contribution in [0.4, 0.5) is 0 Å². The molecular formula is C12H18BrClN2O. The standard InChI is InChI=1S/C12H17BrN2O.ClH/c1-9(14)7-12(16)15(2)8-10-3-5-11(13)6-4-10;/h3-6,9H,7-8,14H2,1-2H3;1H. The van der Waals surface area contributed by atoms with Crippen molar-refractivity contribution in [3.05, 3.63) is 34.3 Å². The maximum absolute atomic E-state index is 11.7. The fourth-order valence-electron chi connectivity index (χ4n) is 1.38. The Bertz CT molecular complexity index is 354. The first kappa shape index (κ1) is 16.4. The van der Waals surface area contributed by atoms with Crippen LogP contribution >= 0.6 is 28.3 Å². The lowest BCUT2D eigenvalue weighted by Crippen LogP contribution is -2.31. The predicted octanol–water partition coefficient (Wildman–Crippen LogP) is 2.57. The van der Waals surface area contributed by atoms with Crippen molar-refractivity contribution >= 4 is 34.2 Å². The minimum absolute atomic E-state index is 0. The molecule has 0 bridgehead atoms. The molecule has 0 aliphatic carbocycles. The highest BCUT2D eigenvalue weighted by atomic mass is 79.9. The van der Waals surface area contributed by atoms with Crippen LogP contribution in [0.1, 0.15) is 18.9 Å². The van der Waals surface area contributed by atoms with Gasteiger partial charge in [0.1, 0.15) is 0 Å². The first-order valence-electron chi connectivity index (χ1n) is 5.23. The van der Waals surface area contributed by atoms with E-state index in [1.165, 1.54) is 0 Å². The summed E-state index contributed by atoms with van der Waals surface area (Å²) in [4.78, 5) is 13.4. The molecule has 1 aromatic rings. The first-order chi connectivity index (χ1) is 7.49. The minimum Gasteiger partial charge on any atom is -0.341 e. The Morgan fingerprint density at radius 1 is 1.41 bits per heavy atom. The molecule has 0 fully saturated rings. The van der Waals surface area contributed by atoms with E-state index >= 15 is 0 Å². The normalized spacial score (nSPS) is 11.5. The van der Waals surface area contributed by atoms with Crippen LogP contribution in [0.15, 0.2) is 28.7 Å². The van der Waals surface area contributed by atoms with Crippen molar-refractivity contribution < 1.29 is 4.79 Å². The summed E-state index contributed by atoms with van der Waals surface area (Å²) in [6, 6.07) is 7.86. The van der Waals surface area contributed by atoms with Crippen molar-refractivity contribution in [2.45, 2.75) is 25.9 Å². The van der Waals surface area contributed by atoms with E-state index in [2.05, 4.69) is 15.9 Å². The third kappa shape index (κ3) is 6.05. The highest BCUT2D eigenvalue weighted by Crippen LogP contribution is 2.12. The number of rotatable bonds is 4. The molecule has 0 saturated heterocycles. The molecule has 1 amide bonds. The lowest BCUT2D eigenvalue weighted by Gasteiger charge is -2.18. The van der Waals surface area contributed by atoms with Gasteiger partial charge in [-0.3, -0.25) is 4.79 Å². The Kier molecular flexibility index (Phi) is 7.43. The largest absolute Gasteiger partial charge is 0.341 e. The summed E-state index contributed by atoms with van der Waals surface area (Å²) in [6.45, 7) is 2.46. The molecule has 3 nitrogen and oxygen atoms in total. The zero-order valence-electron chi connectivity index (χ0n) is 10.0. The van der Waals surface area contributed by atoms with E-state index in [1.54, 1.807) is 11.9 Å². The molecule has 1 unspecified atom stereocenters. The van der Waals surface area contributed by atoms with Crippen molar-refractivity contribution in [2.75, 3.05) is 7.05 Å². The van der Waals surface area contributed by atoms with Crippen LogP contribution in [0.2, 0.25) is 0 Å². The highest BCUT2D eigenvalue weighted by Gasteiger charge is 2.10. The molecule has 0 saturated carbocycles. The van der Waals surface area contributed by atoms with Gasteiger partial charge in [-0.1, -0.05) is 28.1 Å². The third-order valence-corrected chi connectivity index (χ3v) is 2.78. The van der Waals surface area contributed by atoms with E-state index in [0.717, 1.165) is 10.0 Å². The van der Waals surface area contributed by atoms with Gasteiger partial charge in [-0.15, -0.1) is 12.4 Å². The van der Waals surface area contributed by atoms with Crippen molar-refractivity contribution in [2.24, 2.45) is 5.73 Å². The summed E-state index contributed by atoms with van der Waals surface area (Å²) in [5.41, 5.74) is 6.71. The summed E-state index contributed by atoms with van der Waals surface area (Å²) in [7, 11) is 1.80. The number of halogens is 2. The molecule has 0 radical (unpaired) electrons. The molecule has 0 heterocycles. The molecular weight excluding hydrogens is 304 g/mol. The van der Waals surface area contributed by atoms with Gasteiger partial charge in [-0.05, 0) is 24.6 Å². The van der Waals surface area contributed by atoms with Crippen molar-refractivity contribution in [1.82, 2.24) is 4.90 Å². The SMILES string of the molecule is CC(N)CC(=O)N(C)Cc1ccc(Br)cc1.Cl. The molecule has 0 spiro atoms. The van der Waals surface area contributed by atoms with E-state index in [-0.39, 0.29) is 24.4 Å². The van der Waals surface area contributed by atoms with Gasteiger partial charge < -0.3 is 10.6 Å². The van der Waals surface area contributed by atoms with Gasteiger partial charge in [0.25, 0.3) is 0 Å². The van der Waals surface area contributed by atoms with Gasteiger partial charge in [0.05, 0.1) is 0 Å². The Hall–Kier alpha value is -0.580. The quantitative estimate of drug-likeness (QED) is 0.926. The van der Waals surface area contributed by atoms with Crippen molar-refractivity contribution in [3.8, 4) is 0 Å². The van der Waals surface area contributed by atoms with E-state index in [0.29, 0.717) is 13.0 Å². The molecule has 1 aromatic carbocycles. The van der Waals surface area contributed by atoms with Crippen LogP contribution in [-0.2, 0) is 11.3 Å². The second kappa shape index (κ2) is 7.69. The number of nitrogens with zero attached hydrogens (tertiary/aromatic N) is 1. The van der Waals surface area contributed by atoms with Crippen LogP contribution in [0.25, 0.3) is 0 Å². The Labute approximate surface area is 117 Å². The van der Waals surface area contributed by atoms with Crippen molar-refractivity contribution in [1.29, 1.82) is 0 Å². The molecule has 0 aliphatic heterocycles. The number of amides is 1. The molecule has 17 heavy (non-hydrogen) atoms. The molecule has 1 atom stereocenters. The van der Waals surface area contributed by atoms with Gasteiger partial charge in [0.2, 0.25) is 5.91 Å². The number of nitrogens with two attached hydrogens (primary N) is 1. The Morgan fingerprint density at radius 2 is 1.94 bits per heavy atom. The van der Waals surface area contributed by atoms with E-state index in [9.17, 15) is 4.79 Å². The van der Waals surface area contributed by atoms with E-state index in [1.807, 2.05) is 31.2 Å². The molecule has 96 valence electrons. The second-order valence-electron chi connectivity index (χ2n) is 4.06. The van der Waals surface area contributed by atoms with Gasteiger partial charge in [-0.2, -0.15) is 0 Å². The lowest BCUT2D eigenvalue weighted by atomic mass is 10.2. The smallest absolute Gasteiger partial charge is 0.224 e. The number of hydrogen-bond donors (Lipinski definition) is 1. The van der Waals surface area contributed by atoms with Crippen LogP contribution in [0.3, 0.4) is 0 Å². The monoisotopic (exact) mass is 320 g/mol. The summed E-state index contributed by atoms with van der Waals surface area (Å²) in [5.74, 6) is 0.0814. The maximum Gasteiger partial charge on any atom is 0.224 e. The first-order valence-corrected chi connectivity index (χ1v) is 6.02. The minimum atomic E-state index is -0.0835. The molecule has 1 rings (SSSR count). The molecule has 0 aliphatic rings. The summed E-state index contributed by atoms with van der Waals surface area (Å²) in [5, 5.41) is 0. The second-order valence-corrected chi connectivity index (χ2v) is 4.97. The highest BCUT2D eigenvalue weighted by molar-refractivity contribution is 9.10. The Balaban J connectivity index is 0.00000256. The number of carbonyl (C=O) groups excluding carboxylic acids is 1. The van der Waals surface area contributed by atoms with E-state index < -0.39 is 0 Å². The van der Waals surface area contributed by atoms with Gasteiger partial charge >= 0.3 is 0 Å². The van der Waals surface area contributed by atoms with Gasteiger partial charge in [0.15, 0.2) is 0 Å². The zero-order chi connectivity index (χ0) is 12.1. The number of carbonyl (C=O) groups is 1. The fourth-order valence-corrected chi connectivity index (χ4v) is 1.65. The lowest BCUT2D eigenvalue weighted by molar-refractivity contribution is -0.130. The van der Waals surface area contributed by atoms with Crippen LogP contribution in [0.5, 0.6) is 0 Å². The van der Waals surface area contributed by atoms with Crippen LogP contribution in [-0.4, -0.2) is 23.9 Å². The fraction of sp³-hybridized carbons (Fsp3) is 0.417. The third-order valence-electron chi connectivity index (χ3n) is 2.26. The average molecular weight is 322 g/mol. The predicted molar refractivity (Wildman–Crippen MR) is 76.1 cm³/mol. The summed E-state index contributed by atoms with van der Waals surface area (Å²) in [6.07, 6.45) is 0.396. The summed E-state index contributed by atoms with van der Waals surface area (Å²) < 4.78 is 1.04. The molecule has 5 heteroatoms. The van der Waals surface area contributed by atoms with Gasteiger partial charge in [0, 0.05) is 30.5 Å². The van der Waals surface area contributed by atoms with Crippen molar-refractivity contribution in [3.63, 3.8) is 0 Å². The van der Waals surface area contributed by atoms with Crippen LogP contribution < -0.4 is 5.73 Å². The Morgan fingerprint density at radius 3 is 2.41 bits per heavy atom. The number of benzene rings is 1. The number of hydrogen-bond acceptors (Lipinski definition) is 2. The maximum atomic E-state index is 11.7. The zero-order valence-corrected chi connectivity index (χ0v) is 12.4. The molecule has 2 N–H and O–H groups in total. The summed E-state index contributed by atoms with van der Waals surface area (Å²) >= 11 is 3.38. The van der Waals surface area contributed by atoms with Crippen LogP contribution in [0, 0.1) is 0 Å².